The van der Waals surface area contributed by atoms with Crippen LogP contribution in [0.15, 0.2) is 60.1 Å². The lowest BCUT2D eigenvalue weighted by Crippen LogP contribution is -2.36. The summed E-state index contributed by atoms with van der Waals surface area (Å²) < 4.78 is 7.45. The lowest BCUT2D eigenvalue weighted by atomic mass is 9.75. The fourth-order valence-corrected chi connectivity index (χ4v) is 5.32. The van der Waals surface area contributed by atoms with Crippen LogP contribution in [0, 0.1) is 17.8 Å². The van der Waals surface area contributed by atoms with Gasteiger partial charge in [0.05, 0.1) is 23.2 Å². The molecule has 3 atom stereocenters. The first kappa shape index (κ1) is 24.9. The van der Waals surface area contributed by atoms with Crippen LogP contribution >= 0.6 is 11.8 Å². The number of hydrogen-bond donors (Lipinski definition) is 1. The number of carbonyl (C=O) groups excluding carboxylic acids is 2. The van der Waals surface area contributed by atoms with Gasteiger partial charge in [-0.1, -0.05) is 39.3 Å². The summed E-state index contributed by atoms with van der Waals surface area (Å²) in [7, 11) is 0. The molecule has 0 saturated heterocycles. The summed E-state index contributed by atoms with van der Waals surface area (Å²) in [4.78, 5) is 34.6. The van der Waals surface area contributed by atoms with Gasteiger partial charge in [0.25, 0.3) is 5.91 Å². The molecule has 1 amide bonds. The maximum absolute atomic E-state index is 13.0. The first-order valence-corrected chi connectivity index (χ1v) is 12.9. The molecule has 184 valence electrons. The Hall–Kier alpha value is -3.20. The lowest BCUT2D eigenvalue weighted by molar-refractivity contribution is -0.152. The zero-order chi connectivity index (χ0) is 24.8. The number of ether oxygens (including phenoxy) is 1. The third kappa shape index (κ3) is 6.48. The van der Waals surface area contributed by atoms with Crippen LogP contribution in [-0.4, -0.2) is 43.5 Å². The fraction of sp³-hybridized carbons (Fsp3) is 0.423. The van der Waals surface area contributed by atoms with Gasteiger partial charge in [0.2, 0.25) is 0 Å². The zero-order valence-electron chi connectivity index (χ0n) is 20.3. The van der Waals surface area contributed by atoms with E-state index >= 15 is 0 Å². The molecule has 8 nitrogen and oxygen atoms in total. The normalized spacial score (nSPS) is 19.9. The number of thioether (sulfide) groups is 1. The molecule has 0 bridgehead atoms. The summed E-state index contributed by atoms with van der Waals surface area (Å²) in [6, 6.07) is 10.8. The van der Waals surface area contributed by atoms with Crippen molar-refractivity contribution in [3.63, 3.8) is 0 Å². The third-order valence-corrected chi connectivity index (χ3v) is 7.43. The van der Waals surface area contributed by atoms with Gasteiger partial charge in [0.1, 0.15) is 18.8 Å². The van der Waals surface area contributed by atoms with E-state index in [2.05, 4.69) is 41.2 Å². The average Bonchev–Trinajstić information content (AvgIpc) is 3.38. The molecule has 1 fully saturated rings. The highest BCUT2D eigenvalue weighted by molar-refractivity contribution is 8.00. The molecule has 1 N–H and O–H groups in total. The van der Waals surface area contributed by atoms with E-state index in [1.807, 2.05) is 12.1 Å². The zero-order valence-corrected chi connectivity index (χ0v) is 21.1. The van der Waals surface area contributed by atoms with Crippen LogP contribution in [0.25, 0.3) is 5.82 Å². The number of pyridine rings is 1. The van der Waals surface area contributed by atoms with Crippen molar-refractivity contribution in [3.8, 4) is 5.82 Å². The van der Waals surface area contributed by atoms with Gasteiger partial charge in [-0.2, -0.15) is 5.10 Å². The van der Waals surface area contributed by atoms with Gasteiger partial charge in [0.15, 0.2) is 5.82 Å². The monoisotopic (exact) mass is 493 g/mol. The number of carbonyl (C=O) groups is 2. The highest BCUT2D eigenvalue weighted by Gasteiger charge is 2.33. The van der Waals surface area contributed by atoms with E-state index in [1.165, 1.54) is 29.2 Å². The number of aromatic nitrogens is 4. The van der Waals surface area contributed by atoms with E-state index in [1.54, 1.807) is 36.8 Å². The second-order valence-electron chi connectivity index (χ2n) is 9.34. The number of rotatable bonds is 8. The number of hydrogen-bond acceptors (Lipinski definition) is 7. The molecule has 3 unspecified atom stereocenters. The molecule has 9 heteroatoms. The molecular weight excluding hydrogens is 462 g/mol. The largest absolute Gasteiger partial charge is 0.461 e. The lowest BCUT2D eigenvalue weighted by Gasteiger charge is -2.36. The Bertz CT molecular complexity index is 1130. The standard InChI is InChI=1S/C26H31N5O3S/c1-17(2)20-10-8-18(3)12-22(20)34-25(32)14-35-23-7-5-4-6-21(23)26(33)30-19-9-11-24(28-13-19)31-16-27-15-29-31/h4-7,9,11,13,15-18,20,22H,8,10,12,14H2,1-3H3,(H,30,33). The maximum Gasteiger partial charge on any atom is 0.316 e. The molecule has 0 spiro atoms. The molecule has 1 aliphatic carbocycles. The van der Waals surface area contributed by atoms with Crippen LogP contribution in [0.2, 0.25) is 0 Å². The second-order valence-corrected chi connectivity index (χ2v) is 10.4. The van der Waals surface area contributed by atoms with Crippen molar-refractivity contribution < 1.29 is 14.3 Å². The summed E-state index contributed by atoms with van der Waals surface area (Å²) in [6.07, 6.45) is 7.73. The van der Waals surface area contributed by atoms with Crippen molar-refractivity contribution in [3.05, 3.63) is 60.8 Å². The molecule has 3 aromatic rings. The Kier molecular flexibility index (Phi) is 8.17. The van der Waals surface area contributed by atoms with Gasteiger partial charge in [-0.25, -0.2) is 14.6 Å². The van der Waals surface area contributed by atoms with Crippen molar-refractivity contribution >= 4 is 29.3 Å². The highest BCUT2D eigenvalue weighted by atomic mass is 32.2. The van der Waals surface area contributed by atoms with Gasteiger partial charge < -0.3 is 10.1 Å². The topological polar surface area (TPSA) is 99.0 Å². The van der Waals surface area contributed by atoms with E-state index in [9.17, 15) is 9.59 Å². The SMILES string of the molecule is CC1CCC(C(C)C)C(OC(=O)CSc2ccccc2C(=O)Nc2ccc(-n3cncn3)nc2)C1. The maximum atomic E-state index is 13.0. The van der Waals surface area contributed by atoms with E-state index in [4.69, 9.17) is 4.74 Å². The van der Waals surface area contributed by atoms with Gasteiger partial charge in [-0.05, 0) is 54.9 Å². The van der Waals surface area contributed by atoms with E-state index in [0.717, 1.165) is 17.7 Å². The van der Waals surface area contributed by atoms with Crippen molar-refractivity contribution in [2.75, 3.05) is 11.1 Å². The Labute approximate surface area is 209 Å². The summed E-state index contributed by atoms with van der Waals surface area (Å²) >= 11 is 1.32. The summed E-state index contributed by atoms with van der Waals surface area (Å²) in [5, 5.41) is 6.91. The average molecular weight is 494 g/mol. The van der Waals surface area contributed by atoms with Gasteiger partial charge in [-0.3, -0.25) is 9.59 Å². The Balaban J connectivity index is 1.36. The van der Waals surface area contributed by atoms with Crippen LogP contribution in [0.5, 0.6) is 0 Å². The number of amides is 1. The van der Waals surface area contributed by atoms with Gasteiger partial charge in [-0.15, -0.1) is 11.8 Å². The van der Waals surface area contributed by atoms with Crippen molar-refractivity contribution in [2.24, 2.45) is 17.8 Å². The molecule has 1 aliphatic rings. The molecule has 0 aliphatic heterocycles. The minimum atomic E-state index is -0.266. The first-order chi connectivity index (χ1) is 16.9. The highest BCUT2D eigenvalue weighted by Crippen LogP contribution is 2.35. The van der Waals surface area contributed by atoms with E-state index in [-0.39, 0.29) is 23.7 Å². The smallest absolute Gasteiger partial charge is 0.316 e. The predicted molar refractivity (Wildman–Crippen MR) is 135 cm³/mol. The quantitative estimate of drug-likeness (QED) is 0.348. The summed E-state index contributed by atoms with van der Waals surface area (Å²) in [6.45, 7) is 6.62. The Morgan fingerprint density at radius 2 is 2.03 bits per heavy atom. The van der Waals surface area contributed by atoms with Gasteiger partial charge >= 0.3 is 5.97 Å². The molecule has 35 heavy (non-hydrogen) atoms. The Morgan fingerprint density at radius 3 is 2.74 bits per heavy atom. The van der Waals surface area contributed by atoms with Crippen LogP contribution < -0.4 is 5.32 Å². The predicted octanol–water partition coefficient (Wildman–Crippen LogP) is 5.01. The minimum Gasteiger partial charge on any atom is -0.461 e. The fourth-order valence-electron chi connectivity index (χ4n) is 4.49. The molecule has 0 radical (unpaired) electrons. The van der Waals surface area contributed by atoms with Crippen LogP contribution in [0.1, 0.15) is 50.4 Å². The molecule has 2 heterocycles. The number of esters is 1. The van der Waals surface area contributed by atoms with Crippen molar-refractivity contribution in [2.45, 2.75) is 51.0 Å². The molecule has 2 aromatic heterocycles. The molecule has 4 rings (SSSR count). The van der Waals surface area contributed by atoms with Crippen LogP contribution in [0.4, 0.5) is 5.69 Å². The third-order valence-electron chi connectivity index (χ3n) is 6.38. The minimum absolute atomic E-state index is 0.0293. The first-order valence-electron chi connectivity index (χ1n) is 11.9. The van der Waals surface area contributed by atoms with E-state index in [0.29, 0.717) is 34.8 Å². The molecule has 1 aromatic carbocycles. The van der Waals surface area contributed by atoms with Crippen molar-refractivity contribution in [1.29, 1.82) is 0 Å². The number of benzene rings is 1. The second kappa shape index (κ2) is 11.5. The van der Waals surface area contributed by atoms with Gasteiger partial charge in [0, 0.05) is 4.90 Å². The van der Waals surface area contributed by atoms with Crippen LogP contribution in [-0.2, 0) is 9.53 Å². The van der Waals surface area contributed by atoms with E-state index < -0.39 is 0 Å². The summed E-state index contributed by atoms with van der Waals surface area (Å²) in [5.74, 6) is 1.72. The Morgan fingerprint density at radius 1 is 1.20 bits per heavy atom. The molecule has 1 saturated carbocycles. The van der Waals surface area contributed by atoms with Crippen molar-refractivity contribution in [1.82, 2.24) is 19.7 Å². The summed E-state index contributed by atoms with van der Waals surface area (Å²) in [5.41, 5.74) is 1.06. The molecular formula is C26H31N5O3S. The number of nitrogens with zero attached hydrogens (tertiary/aromatic N) is 4. The number of nitrogens with one attached hydrogen (secondary N) is 1. The van der Waals surface area contributed by atoms with Crippen LogP contribution in [0.3, 0.4) is 0 Å². The number of anilines is 1.